The van der Waals surface area contributed by atoms with Crippen LogP contribution in [0.3, 0.4) is 0 Å². The molecule has 3 aromatic carbocycles. The Balaban J connectivity index is 1.44. The highest BCUT2D eigenvalue weighted by Crippen LogP contribution is 2.30. The fraction of sp³-hybridized carbons (Fsp3) is 0.0476. The number of rotatable bonds is 4. The van der Waals surface area contributed by atoms with Crippen molar-refractivity contribution in [2.45, 2.75) is 0 Å². The highest BCUT2D eigenvalue weighted by atomic mass is 16.5. The molecule has 0 atom stereocenters. The molecule has 4 aromatic rings. The van der Waals surface area contributed by atoms with Crippen molar-refractivity contribution in [3.63, 3.8) is 0 Å². The number of phenols is 1. The van der Waals surface area contributed by atoms with Crippen molar-refractivity contribution in [2.24, 2.45) is 0 Å². The van der Waals surface area contributed by atoms with E-state index in [0.717, 1.165) is 21.9 Å². The largest absolute Gasteiger partial charge is 0.508 e. The minimum Gasteiger partial charge on any atom is -0.508 e. The SMILES string of the molecule is O=C(COC(=O)c1ccc(O)cc1)Nc1ccc2oc3ccccc3c2c1. The number of phenolic OH excluding ortho intramolecular Hbond substituents is 1. The monoisotopic (exact) mass is 361 g/mol. The second kappa shape index (κ2) is 6.84. The molecule has 0 aliphatic carbocycles. The number of esters is 1. The lowest BCUT2D eigenvalue weighted by molar-refractivity contribution is -0.119. The Morgan fingerprint density at radius 2 is 1.67 bits per heavy atom. The Kier molecular flexibility index (Phi) is 4.22. The van der Waals surface area contributed by atoms with Gasteiger partial charge in [-0.2, -0.15) is 0 Å². The minimum atomic E-state index is -0.638. The lowest BCUT2D eigenvalue weighted by Gasteiger charge is -2.07. The van der Waals surface area contributed by atoms with Crippen LogP contribution in [0.15, 0.2) is 71.1 Å². The van der Waals surface area contributed by atoms with Gasteiger partial charge in [0, 0.05) is 16.5 Å². The number of amides is 1. The first-order valence-corrected chi connectivity index (χ1v) is 8.27. The first kappa shape index (κ1) is 16.7. The molecule has 6 heteroatoms. The predicted molar refractivity (Wildman–Crippen MR) is 101 cm³/mol. The van der Waals surface area contributed by atoms with Crippen molar-refractivity contribution in [3.8, 4) is 5.75 Å². The van der Waals surface area contributed by atoms with E-state index in [9.17, 15) is 14.7 Å². The predicted octanol–water partition coefficient (Wildman–Crippen LogP) is 4.09. The Bertz CT molecular complexity index is 1140. The van der Waals surface area contributed by atoms with Crippen LogP contribution in [-0.2, 0) is 9.53 Å². The summed E-state index contributed by atoms with van der Waals surface area (Å²) in [5.74, 6) is -1.04. The van der Waals surface area contributed by atoms with E-state index in [1.54, 1.807) is 12.1 Å². The van der Waals surface area contributed by atoms with Gasteiger partial charge >= 0.3 is 5.97 Å². The Morgan fingerprint density at radius 1 is 0.926 bits per heavy atom. The van der Waals surface area contributed by atoms with Crippen LogP contribution in [0.2, 0.25) is 0 Å². The third-order valence-electron chi connectivity index (χ3n) is 4.10. The number of para-hydroxylation sites is 1. The summed E-state index contributed by atoms with van der Waals surface area (Å²) in [5, 5.41) is 13.8. The smallest absolute Gasteiger partial charge is 0.338 e. The van der Waals surface area contributed by atoms with E-state index in [2.05, 4.69) is 5.32 Å². The minimum absolute atomic E-state index is 0.0476. The molecule has 1 aromatic heterocycles. The molecule has 0 radical (unpaired) electrons. The van der Waals surface area contributed by atoms with Gasteiger partial charge < -0.3 is 19.6 Å². The lowest BCUT2D eigenvalue weighted by Crippen LogP contribution is -2.20. The van der Waals surface area contributed by atoms with Crippen LogP contribution < -0.4 is 5.32 Å². The zero-order chi connectivity index (χ0) is 18.8. The molecule has 4 rings (SSSR count). The molecule has 27 heavy (non-hydrogen) atoms. The Hall–Kier alpha value is -3.80. The van der Waals surface area contributed by atoms with E-state index in [-0.39, 0.29) is 11.3 Å². The summed E-state index contributed by atoms with van der Waals surface area (Å²) in [7, 11) is 0. The van der Waals surface area contributed by atoms with Gasteiger partial charge in [-0.1, -0.05) is 18.2 Å². The standard InChI is InChI=1S/C21H15NO5/c23-15-8-5-13(6-9-15)21(25)26-12-20(24)22-14-7-10-19-17(11-14)16-3-1-2-4-18(16)27-19/h1-11,23H,12H2,(H,22,24). The Labute approximate surface area is 154 Å². The average Bonchev–Trinajstić information content (AvgIpc) is 3.05. The fourth-order valence-electron chi connectivity index (χ4n) is 2.81. The van der Waals surface area contributed by atoms with Crippen LogP contribution in [-0.4, -0.2) is 23.6 Å². The molecule has 2 N–H and O–H groups in total. The number of benzene rings is 3. The second-order valence-corrected chi connectivity index (χ2v) is 5.98. The van der Waals surface area contributed by atoms with Gasteiger partial charge in [0.05, 0.1) is 5.56 Å². The maximum Gasteiger partial charge on any atom is 0.338 e. The summed E-state index contributed by atoms with van der Waals surface area (Å²) in [6.45, 7) is -0.413. The number of hydrogen-bond donors (Lipinski definition) is 2. The zero-order valence-corrected chi connectivity index (χ0v) is 14.1. The van der Waals surface area contributed by atoms with Gasteiger partial charge in [0.1, 0.15) is 16.9 Å². The van der Waals surface area contributed by atoms with Gasteiger partial charge in [-0.05, 0) is 48.5 Å². The molecule has 0 bridgehead atoms. The molecule has 0 saturated heterocycles. The highest BCUT2D eigenvalue weighted by molar-refractivity contribution is 6.07. The van der Waals surface area contributed by atoms with Gasteiger partial charge in [0.2, 0.25) is 0 Å². The number of nitrogens with one attached hydrogen (secondary N) is 1. The molecule has 6 nitrogen and oxygen atoms in total. The van der Waals surface area contributed by atoms with Crippen molar-refractivity contribution in [1.29, 1.82) is 0 Å². The number of aromatic hydroxyl groups is 1. The fourth-order valence-corrected chi connectivity index (χ4v) is 2.81. The van der Waals surface area contributed by atoms with E-state index >= 15 is 0 Å². The summed E-state index contributed by atoms with van der Waals surface area (Å²) in [6.07, 6.45) is 0. The number of fused-ring (bicyclic) bond motifs is 3. The summed E-state index contributed by atoms with van der Waals surface area (Å²) < 4.78 is 10.7. The van der Waals surface area contributed by atoms with Crippen LogP contribution in [0.4, 0.5) is 5.69 Å². The molecule has 0 aliphatic rings. The Morgan fingerprint density at radius 3 is 2.48 bits per heavy atom. The molecule has 1 heterocycles. The van der Waals surface area contributed by atoms with E-state index in [0.29, 0.717) is 5.69 Å². The quantitative estimate of drug-likeness (QED) is 0.535. The number of carbonyl (C=O) groups excluding carboxylic acids is 2. The van der Waals surface area contributed by atoms with Crippen molar-refractivity contribution in [1.82, 2.24) is 0 Å². The molecule has 134 valence electrons. The van der Waals surface area contributed by atoms with Crippen molar-refractivity contribution >= 4 is 39.5 Å². The maximum absolute atomic E-state index is 12.1. The zero-order valence-electron chi connectivity index (χ0n) is 14.1. The summed E-state index contributed by atoms with van der Waals surface area (Å²) in [5.41, 5.74) is 2.35. The molecular weight excluding hydrogens is 346 g/mol. The number of ether oxygens (including phenoxy) is 1. The molecule has 0 unspecified atom stereocenters. The maximum atomic E-state index is 12.1. The molecule has 0 spiro atoms. The molecule has 1 amide bonds. The van der Waals surface area contributed by atoms with E-state index in [1.807, 2.05) is 30.3 Å². The highest BCUT2D eigenvalue weighted by Gasteiger charge is 2.12. The third kappa shape index (κ3) is 3.46. The summed E-state index contributed by atoms with van der Waals surface area (Å²) >= 11 is 0. The van der Waals surface area contributed by atoms with E-state index < -0.39 is 18.5 Å². The number of anilines is 1. The van der Waals surface area contributed by atoms with Gasteiger partial charge in [-0.25, -0.2) is 4.79 Å². The number of hydrogen-bond acceptors (Lipinski definition) is 5. The molecule has 0 aliphatic heterocycles. The summed E-state index contributed by atoms with van der Waals surface area (Å²) in [6, 6.07) is 18.6. The van der Waals surface area contributed by atoms with Crippen molar-refractivity contribution in [3.05, 3.63) is 72.3 Å². The van der Waals surface area contributed by atoms with Gasteiger partial charge in [0.15, 0.2) is 6.61 Å². The third-order valence-corrected chi connectivity index (χ3v) is 4.10. The lowest BCUT2D eigenvalue weighted by atomic mass is 10.1. The van der Waals surface area contributed by atoms with E-state index in [4.69, 9.17) is 9.15 Å². The number of furan rings is 1. The van der Waals surface area contributed by atoms with Crippen LogP contribution in [0.1, 0.15) is 10.4 Å². The van der Waals surface area contributed by atoms with E-state index in [1.165, 1.54) is 24.3 Å². The van der Waals surface area contributed by atoms with Crippen molar-refractivity contribution in [2.75, 3.05) is 11.9 Å². The van der Waals surface area contributed by atoms with Crippen LogP contribution >= 0.6 is 0 Å². The second-order valence-electron chi connectivity index (χ2n) is 5.98. The van der Waals surface area contributed by atoms with Crippen molar-refractivity contribution < 1.29 is 23.8 Å². The summed E-state index contributed by atoms with van der Waals surface area (Å²) in [4.78, 5) is 24.0. The first-order chi connectivity index (χ1) is 13.1. The van der Waals surface area contributed by atoms with Gasteiger partial charge in [-0.15, -0.1) is 0 Å². The van der Waals surface area contributed by atoms with Crippen LogP contribution in [0, 0.1) is 0 Å². The normalized spacial score (nSPS) is 10.8. The average molecular weight is 361 g/mol. The first-order valence-electron chi connectivity index (χ1n) is 8.27. The molecule has 0 saturated carbocycles. The molecule has 0 fully saturated rings. The van der Waals surface area contributed by atoms with Crippen LogP contribution in [0.5, 0.6) is 5.75 Å². The van der Waals surface area contributed by atoms with Gasteiger partial charge in [-0.3, -0.25) is 4.79 Å². The molecular formula is C21H15NO5. The number of carbonyl (C=O) groups is 2. The topological polar surface area (TPSA) is 88.8 Å². The van der Waals surface area contributed by atoms with Gasteiger partial charge in [0.25, 0.3) is 5.91 Å². The van der Waals surface area contributed by atoms with Crippen LogP contribution in [0.25, 0.3) is 21.9 Å².